The van der Waals surface area contributed by atoms with E-state index in [2.05, 4.69) is 16.3 Å². The van der Waals surface area contributed by atoms with Crippen molar-refractivity contribution in [2.75, 3.05) is 33.3 Å². The molecule has 3 rings (SSSR count). The highest BCUT2D eigenvalue weighted by molar-refractivity contribution is 5.44. The zero-order chi connectivity index (χ0) is 18.2. The van der Waals surface area contributed by atoms with Crippen molar-refractivity contribution < 1.29 is 9.47 Å². The fraction of sp³-hybridized carbons (Fsp3) is 0.381. The molecule has 1 atom stereocenters. The van der Waals surface area contributed by atoms with E-state index in [4.69, 9.17) is 9.47 Å². The lowest BCUT2D eigenvalue weighted by Crippen LogP contribution is -2.45. The van der Waals surface area contributed by atoms with Gasteiger partial charge < -0.3 is 14.8 Å². The largest absolute Gasteiger partial charge is 0.493 e. The summed E-state index contributed by atoms with van der Waals surface area (Å²) in [5.74, 6) is 1.42. The van der Waals surface area contributed by atoms with Crippen molar-refractivity contribution in [3.8, 4) is 17.6 Å². The van der Waals surface area contributed by atoms with Gasteiger partial charge in [0.2, 0.25) is 0 Å². The summed E-state index contributed by atoms with van der Waals surface area (Å²) >= 11 is 0. The lowest BCUT2D eigenvalue weighted by Gasteiger charge is -2.34. The molecule has 1 fully saturated rings. The average Bonchev–Trinajstić information content (AvgIpc) is 2.72. The molecule has 2 aromatic rings. The van der Waals surface area contributed by atoms with Crippen LogP contribution in [0.1, 0.15) is 23.6 Å². The van der Waals surface area contributed by atoms with Crippen LogP contribution >= 0.6 is 0 Å². The standard InChI is InChI=1S/C21H25N3O2/c1-25-21-15-18(19(9-10-22)24-13-11-23-12-14-24)7-8-20(21)26-16-17-5-3-2-4-6-17/h2-8,15,19,23H,9,11-14,16H2,1H3/t19-/m0/s1. The van der Waals surface area contributed by atoms with Crippen LogP contribution in [0, 0.1) is 11.3 Å². The summed E-state index contributed by atoms with van der Waals surface area (Å²) in [7, 11) is 1.65. The van der Waals surface area contributed by atoms with Crippen LogP contribution in [-0.4, -0.2) is 38.2 Å². The van der Waals surface area contributed by atoms with E-state index < -0.39 is 0 Å². The summed E-state index contributed by atoms with van der Waals surface area (Å²) in [5, 5.41) is 12.6. The number of nitrogens with zero attached hydrogens (tertiary/aromatic N) is 2. The minimum absolute atomic E-state index is 0.0826. The van der Waals surface area contributed by atoms with Crippen molar-refractivity contribution in [3.05, 3.63) is 59.7 Å². The summed E-state index contributed by atoms with van der Waals surface area (Å²) in [5.41, 5.74) is 2.21. The molecule has 0 unspecified atom stereocenters. The van der Waals surface area contributed by atoms with Gasteiger partial charge in [-0.2, -0.15) is 5.26 Å². The average molecular weight is 351 g/mol. The molecule has 0 saturated carbocycles. The van der Waals surface area contributed by atoms with Crippen LogP contribution in [0.25, 0.3) is 0 Å². The van der Waals surface area contributed by atoms with Crippen molar-refractivity contribution in [3.63, 3.8) is 0 Å². The minimum Gasteiger partial charge on any atom is -0.493 e. The fourth-order valence-corrected chi connectivity index (χ4v) is 3.28. The van der Waals surface area contributed by atoms with Gasteiger partial charge in [-0.3, -0.25) is 4.90 Å². The molecule has 1 aliphatic heterocycles. The maximum absolute atomic E-state index is 9.27. The van der Waals surface area contributed by atoms with Gasteiger partial charge in [-0.05, 0) is 23.3 Å². The monoisotopic (exact) mass is 351 g/mol. The number of hydrogen-bond donors (Lipinski definition) is 1. The van der Waals surface area contributed by atoms with E-state index in [0.717, 1.165) is 43.1 Å². The van der Waals surface area contributed by atoms with Crippen molar-refractivity contribution in [2.45, 2.75) is 19.1 Å². The van der Waals surface area contributed by atoms with E-state index in [1.165, 1.54) is 0 Å². The van der Waals surface area contributed by atoms with Gasteiger partial charge in [0.1, 0.15) is 6.61 Å². The van der Waals surface area contributed by atoms with Gasteiger partial charge in [0.15, 0.2) is 11.5 Å². The van der Waals surface area contributed by atoms with Crippen molar-refractivity contribution in [2.24, 2.45) is 0 Å². The number of nitriles is 1. The molecule has 1 aliphatic rings. The molecule has 1 heterocycles. The Morgan fingerprint density at radius 2 is 1.88 bits per heavy atom. The fourth-order valence-electron chi connectivity index (χ4n) is 3.28. The number of hydrogen-bond acceptors (Lipinski definition) is 5. The second-order valence-electron chi connectivity index (χ2n) is 6.35. The lowest BCUT2D eigenvalue weighted by molar-refractivity contribution is 0.175. The van der Waals surface area contributed by atoms with Crippen LogP contribution in [0.3, 0.4) is 0 Å². The number of piperazine rings is 1. The van der Waals surface area contributed by atoms with E-state index in [9.17, 15) is 5.26 Å². The molecule has 136 valence electrons. The molecule has 5 nitrogen and oxygen atoms in total. The van der Waals surface area contributed by atoms with Crippen LogP contribution in [0.2, 0.25) is 0 Å². The van der Waals surface area contributed by atoms with Gasteiger partial charge in [0.05, 0.1) is 19.6 Å². The Hall–Kier alpha value is -2.55. The third-order valence-corrected chi connectivity index (χ3v) is 4.69. The van der Waals surface area contributed by atoms with Crippen LogP contribution in [0.15, 0.2) is 48.5 Å². The molecule has 5 heteroatoms. The van der Waals surface area contributed by atoms with Gasteiger partial charge in [0.25, 0.3) is 0 Å². The maximum Gasteiger partial charge on any atom is 0.161 e. The quantitative estimate of drug-likeness (QED) is 0.830. The molecule has 0 spiro atoms. The predicted octanol–water partition coefficient (Wildman–Crippen LogP) is 3.13. The van der Waals surface area contributed by atoms with Crippen LogP contribution in [0.4, 0.5) is 0 Å². The first-order valence-corrected chi connectivity index (χ1v) is 8.98. The van der Waals surface area contributed by atoms with E-state index in [1.54, 1.807) is 7.11 Å². The second-order valence-corrected chi connectivity index (χ2v) is 6.35. The third kappa shape index (κ3) is 4.54. The van der Waals surface area contributed by atoms with Gasteiger partial charge in [0, 0.05) is 32.2 Å². The highest BCUT2D eigenvalue weighted by Gasteiger charge is 2.23. The second kappa shape index (κ2) is 9.23. The van der Waals surface area contributed by atoms with Crippen LogP contribution in [-0.2, 0) is 6.61 Å². The molecule has 2 aromatic carbocycles. The molecule has 0 aromatic heterocycles. The number of ether oxygens (including phenoxy) is 2. The highest BCUT2D eigenvalue weighted by atomic mass is 16.5. The van der Waals surface area contributed by atoms with Gasteiger partial charge in [-0.25, -0.2) is 0 Å². The maximum atomic E-state index is 9.27. The summed E-state index contributed by atoms with van der Waals surface area (Å²) in [6.07, 6.45) is 0.466. The Morgan fingerprint density at radius 1 is 1.12 bits per heavy atom. The minimum atomic E-state index is 0.0826. The summed E-state index contributed by atoms with van der Waals surface area (Å²) in [6, 6.07) is 18.5. The third-order valence-electron chi connectivity index (χ3n) is 4.69. The first-order valence-electron chi connectivity index (χ1n) is 8.98. The molecule has 0 bridgehead atoms. The molecule has 0 aliphatic carbocycles. The van der Waals surface area contributed by atoms with Crippen molar-refractivity contribution >= 4 is 0 Å². The van der Waals surface area contributed by atoms with Gasteiger partial charge >= 0.3 is 0 Å². The molecule has 1 saturated heterocycles. The first-order chi connectivity index (χ1) is 12.8. The Kier molecular flexibility index (Phi) is 6.48. The smallest absolute Gasteiger partial charge is 0.161 e. The SMILES string of the molecule is COc1cc([C@H](CC#N)N2CCNCC2)ccc1OCc1ccccc1. The summed E-state index contributed by atoms with van der Waals surface area (Å²) < 4.78 is 11.5. The normalized spacial score (nSPS) is 15.8. The Morgan fingerprint density at radius 3 is 2.58 bits per heavy atom. The van der Waals surface area contributed by atoms with E-state index in [0.29, 0.717) is 18.8 Å². The molecule has 26 heavy (non-hydrogen) atoms. The lowest BCUT2D eigenvalue weighted by atomic mass is 10.0. The van der Waals surface area contributed by atoms with Gasteiger partial charge in [-0.15, -0.1) is 0 Å². The number of benzene rings is 2. The highest BCUT2D eigenvalue weighted by Crippen LogP contribution is 2.34. The predicted molar refractivity (Wildman–Crippen MR) is 101 cm³/mol. The zero-order valence-corrected chi connectivity index (χ0v) is 15.1. The molecule has 0 amide bonds. The number of methoxy groups -OCH3 is 1. The van der Waals surface area contributed by atoms with E-state index in [-0.39, 0.29) is 6.04 Å². The molecular formula is C21H25N3O2. The van der Waals surface area contributed by atoms with Crippen molar-refractivity contribution in [1.82, 2.24) is 10.2 Å². The number of nitrogens with one attached hydrogen (secondary N) is 1. The Bertz CT molecular complexity index is 737. The Balaban J connectivity index is 1.76. The van der Waals surface area contributed by atoms with E-state index >= 15 is 0 Å². The van der Waals surface area contributed by atoms with Crippen molar-refractivity contribution in [1.29, 1.82) is 5.26 Å². The first kappa shape index (κ1) is 18.2. The summed E-state index contributed by atoms with van der Waals surface area (Å²) in [6.45, 7) is 4.30. The Labute approximate surface area is 155 Å². The number of rotatable bonds is 7. The topological polar surface area (TPSA) is 57.5 Å². The molecular weight excluding hydrogens is 326 g/mol. The molecule has 0 radical (unpaired) electrons. The molecule has 1 N–H and O–H groups in total. The van der Waals surface area contributed by atoms with Crippen LogP contribution in [0.5, 0.6) is 11.5 Å². The summed E-state index contributed by atoms with van der Waals surface area (Å²) in [4.78, 5) is 2.36. The van der Waals surface area contributed by atoms with E-state index in [1.807, 2.05) is 48.5 Å². The zero-order valence-electron chi connectivity index (χ0n) is 15.1. The van der Waals surface area contributed by atoms with Crippen LogP contribution < -0.4 is 14.8 Å². The van der Waals surface area contributed by atoms with Gasteiger partial charge in [-0.1, -0.05) is 36.4 Å².